The molecule has 1 unspecified atom stereocenters. The Morgan fingerprint density at radius 1 is 0.853 bits per heavy atom. The molecule has 1 heterocycles. The third-order valence-electron chi connectivity index (χ3n) is 6.84. The molecule has 0 aliphatic carbocycles. The number of hydrogen-bond acceptors (Lipinski definition) is 3. The molecule has 3 aromatic carbocycles. The van der Waals surface area contributed by atoms with Crippen molar-refractivity contribution in [1.29, 1.82) is 0 Å². The Morgan fingerprint density at radius 3 is 2.00 bits per heavy atom. The lowest BCUT2D eigenvalue weighted by Gasteiger charge is -2.43. The average molecular weight is 457 g/mol. The molecule has 5 heteroatoms. The van der Waals surface area contributed by atoms with E-state index in [2.05, 4.69) is 22.3 Å². The summed E-state index contributed by atoms with van der Waals surface area (Å²) in [6.07, 6.45) is 2.64. The number of aliphatic carboxylic acids is 1. The lowest BCUT2D eigenvalue weighted by Crippen LogP contribution is -2.53. The van der Waals surface area contributed by atoms with Crippen molar-refractivity contribution in [2.24, 2.45) is 0 Å². The summed E-state index contributed by atoms with van der Waals surface area (Å²) < 4.78 is 0. The number of carboxylic acid groups (broad SMARTS) is 1. The van der Waals surface area contributed by atoms with Gasteiger partial charge >= 0.3 is 5.97 Å². The molecule has 3 aromatic rings. The Labute approximate surface area is 201 Å². The standard InChI is InChI=1S/C29H32N2O3/c32-27(17-16-23-10-4-1-5-11-23)30-29(25-14-8-3-9-15-25)18-20-31(21-19-29)22-26(28(33)34)24-12-6-2-7-13-24/h1-15,26H,16-22H2,(H,30,32)(H,33,34). The second-order valence-corrected chi connectivity index (χ2v) is 9.08. The highest BCUT2D eigenvalue weighted by Gasteiger charge is 2.38. The minimum Gasteiger partial charge on any atom is -0.481 e. The van der Waals surface area contributed by atoms with Crippen molar-refractivity contribution in [2.75, 3.05) is 19.6 Å². The largest absolute Gasteiger partial charge is 0.481 e. The van der Waals surface area contributed by atoms with Crippen LogP contribution in [0.3, 0.4) is 0 Å². The van der Waals surface area contributed by atoms with Gasteiger partial charge in [0, 0.05) is 26.1 Å². The highest BCUT2D eigenvalue weighted by molar-refractivity contribution is 5.77. The van der Waals surface area contributed by atoms with E-state index in [9.17, 15) is 14.7 Å². The zero-order chi connectivity index (χ0) is 23.8. The van der Waals surface area contributed by atoms with Gasteiger partial charge in [-0.2, -0.15) is 0 Å². The summed E-state index contributed by atoms with van der Waals surface area (Å²) in [4.78, 5) is 27.2. The van der Waals surface area contributed by atoms with Crippen LogP contribution in [0.1, 0.15) is 41.9 Å². The Hall–Kier alpha value is -3.44. The highest BCUT2D eigenvalue weighted by atomic mass is 16.4. The number of amides is 1. The first-order chi connectivity index (χ1) is 16.6. The van der Waals surface area contributed by atoms with E-state index in [1.54, 1.807) is 0 Å². The fourth-order valence-corrected chi connectivity index (χ4v) is 4.86. The van der Waals surface area contributed by atoms with Gasteiger partial charge in [0.2, 0.25) is 5.91 Å². The number of rotatable bonds is 9. The summed E-state index contributed by atoms with van der Waals surface area (Å²) in [5.74, 6) is -1.32. The number of carboxylic acids is 1. The van der Waals surface area contributed by atoms with Crippen molar-refractivity contribution in [3.63, 3.8) is 0 Å². The molecule has 1 amide bonds. The van der Waals surface area contributed by atoms with Crippen molar-refractivity contribution in [2.45, 2.75) is 37.1 Å². The summed E-state index contributed by atoms with van der Waals surface area (Å²) in [7, 11) is 0. The molecule has 5 nitrogen and oxygen atoms in total. The molecule has 1 saturated heterocycles. The Bertz CT molecular complexity index is 1060. The molecule has 2 N–H and O–H groups in total. The Kier molecular flexibility index (Phi) is 7.76. The maximum Gasteiger partial charge on any atom is 0.312 e. The summed E-state index contributed by atoms with van der Waals surface area (Å²) in [6, 6.07) is 29.7. The molecule has 4 rings (SSSR count). The number of carbonyl (C=O) groups is 2. The number of aryl methyl sites for hydroxylation is 1. The van der Waals surface area contributed by atoms with Gasteiger partial charge in [-0.25, -0.2) is 0 Å². The lowest BCUT2D eigenvalue weighted by molar-refractivity contribution is -0.139. The molecule has 1 aliphatic heterocycles. The molecule has 0 aromatic heterocycles. The van der Waals surface area contributed by atoms with E-state index in [0.717, 1.165) is 42.6 Å². The zero-order valence-electron chi connectivity index (χ0n) is 19.4. The summed E-state index contributed by atoms with van der Waals surface area (Å²) in [5.41, 5.74) is 2.66. The molecule has 0 spiro atoms. The van der Waals surface area contributed by atoms with Crippen molar-refractivity contribution >= 4 is 11.9 Å². The third kappa shape index (κ3) is 5.91. The molecule has 0 saturated carbocycles. The molecule has 0 radical (unpaired) electrons. The van der Waals surface area contributed by atoms with Crippen LogP contribution in [0, 0.1) is 0 Å². The minimum atomic E-state index is -0.805. The van der Waals surface area contributed by atoms with Crippen LogP contribution in [0.15, 0.2) is 91.0 Å². The number of carbonyl (C=O) groups excluding carboxylic acids is 1. The first-order valence-corrected chi connectivity index (χ1v) is 12.0. The second-order valence-electron chi connectivity index (χ2n) is 9.08. The first kappa shape index (κ1) is 23.7. The van der Waals surface area contributed by atoms with Gasteiger partial charge < -0.3 is 15.3 Å². The van der Waals surface area contributed by atoms with Gasteiger partial charge in [0.05, 0.1) is 11.5 Å². The van der Waals surface area contributed by atoms with Crippen LogP contribution in [0.5, 0.6) is 0 Å². The SMILES string of the molecule is O=C(CCc1ccccc1)NC1(c2ccccc2)CCN(CC(C(=O)O)c2ccccc2)CC1. The maximum atomic E-state index is 13.0. The Balaban J connectivity index is 1.43. The van der Waals surface area contributed by atoms with Gasteiger partial charge in [0.1, 0.15) is 0 Å². The fourth-order valence-electron chi connectivity index (χ4n) is 4.86. The van der Waals surface area contributed by atoms with Crippen LogP contribution in [-0.4, -0.2) is 41.5 Å². The average Bonchev–Trinajstić information content (AvgIpc) is 2.88. The van der Waals surface area contributed by atoms with Crippen LogP contribution < -0.4 is 5.32 Å². The van der Waals surface area contributed by atoms with Crippen LogP contribution in [0.25, 0.3) is 0 Å². The van der Waals surface area contributed by atoms with E-state index in [0.29, 0.717) is 19.4 Å². The fraction of sp³-hybridized carbons (Fsp3) is 0.310. The molecule has 176 valence electrons. The van der Waals surface area contributed by atoms with Crippen molar-refractivity contribution in [3.05, 3.63) is 108 Å². The number of nitrogens with one attached hydrogen (secondary N) is 1. The van der Waals surface area contributed by atoms with Crippen LogP contribution in [0.4, 0.5) is 0 Å². The number of nitrogens with zero attached hydrogens (tertiary/aromatic N) is 1. The molecular formula is C29H32N2O3. The predicted octanol–water partition coefficient (Wildman–Crippen LogP) is 4.60. The quantitative estimate of drug-likeness (QED) is 0.494. The van der Waals surface area contributed by atoms with Crippen LogP contribution in [0.2, 0.25) is 0 Å². The monoisotopic (exact) mass is 456 g/mol. The summed E-state index contributed by atoms with van der Waals surface area (Å²) >= 11 is 0. The van der Waals surface area contributed by atoms with Crippen molar-refractivity contribution in [1.82, 2.24) is 10.2 Å². The van der Waals surface area contributed by atoms with E-state index >= 15 is 0 Å². The molecule has 1 fully saturated rings. The highest BCUT2D eigenvalue weighted by Crippen LogP contribution is 2.34. The predicted molar refractivity (Wildman–Crippen MR) is 134 cm³/mol. The maximum absolute atomic E-state index is 13.0. The van der Waals surface area contributed by atoms with E-state index < -0.39 is 17.4 Å². The molecule has 0 bridgehead atoms. The van der Waals surface area contributed by atoms with Gasteiger partial charge in [0.15, 0.2) is 0 Å². The summed E-state index contributed by atoms with van der Waals surface area (Å²) in [5, 5.41) is 13.2. The minimum absolute atomic E-state index is 0.0499. The van der Waals surface area contributed by atoms with Gasteiger partial charge in [-0.3, -0.25) is 9.59 Å². The smallest absolute Gasteiger partial charge is 0.312 e. The van der Waals surface area contributed by atoms with Gasteiger partial charge in [-0.15, -0.1) is 0 Å². The van der Waals surface area contributed by atoms with E-state index in [1.165, 1.54) is 0 Å². The van der Waals surface area contributed by atoms with Crippen molar-refractivity contribution in [3.8, 4) is 0 Å². The van der Waals surface area contributed by atoms with Crippen LogP contribution in [-0.2, 0) is 21.5 Å². The summed E-state index contributed by atoms with van der Waals surface area (Å²) in [6.45, 7) is 1.92. The number of piperidine rings is 1. The number of hydrogen-bond donors (Lipinski definition) is 2. The topological polar surface area (TPSA) is 69.6 Å². The number of likely N-dealkylation sites (tertiary alicyclic amines) is 1. The molecule has 34 heavy (non-hydrogen) atoms. The second kappa shape index (κ2) is 11.1. The van der Waals surface area contributed by atoms with Gasteiger partial charge in [0.25, 0.3) is 0 Å². The van der Waals surface area contributed by atoms with Crippen LogP contribution >= 0.6 is 0 Å². The van der Waals surface area contributed by atoms with E-state index in [4.69, 9.17) is 0 Å². The van der Waals surface area contributed by atoms with Crippen molar-refractivity contribution < 1.29 is 14.7 Å². The zero-order valence-corrected chi connectivity index (χ0v) is 19.4. The first-order valence-electron chi connectivity index (χ1n) is 12.0. The molecular weight excluding hydrogens is 424 g/mol. The van der Waals surface area contributed by atoms with E-state index in [-0.39, 0.29) is 5.91 Å². The lowest BCUT2D eigenvalue weighted by atomic mass is 9.80. The normalized spacial score (nSPS) is 16.5. The third-order valence-corrected chi connectivity index (χ3v) is 6.84. The number of benzene rings is 3. The molecule has 1 aliphatic rings. The van der Waals surface area contributed by atoms with Gasteiger partial charge in [-0.1, -0.05) is 91.0 Å². The van der Waals surface area contributed by atoms with Gasteiger partial charge in [-0.05, 0) is 36.0 Å². The van der Waals surface area contributed by atoms with E-state index in [1.807, 2.05) is 78.9 Å². The Morgan fingerprint density at radius 2 is 1.41 bits per heavy atom. The molecule has 1 atom stereocenters.